The fraction of sp³-hybridized carbons (Fsp3) is 0. The van der Waals surface area contributed by atoms with Gasteiger partial charge in [-0.25, -0.2) is 0 Å². The van der Waals surface area contributed by atoms with Crippen LogP contribution in [0, 0.1) is 0 Å². The molecule has 0 amide bonds. The summed E-state index contributed by atoms with van der Waals surface area (Å²) in [5, 5.41) is 23.7. The topological polar surface area (TPSA) is 86.0 Å². The number of halogens is 3. The SMILES string of the molecule is [Cl][Ru]([Cl])[Cl].c1ccc2[nH]ncc2c1.c1ccc2[nH]ncc2c1.c1ccc2[nH]ncc2c1. The molecule has 31 heavy (non-hydrogen) atoms. The zero-order valence-electron chi connectivity index (χ0n) is 16.0. The summed E-state index contributed by atoms with van der Waals surface area (Å²) < 4.78 is 0. The number of aromatic amines is 3. The second kappa shape index (κ2) is 12.4. The van der Waals surface area contributed by atoms with E-state index in [1.54, 1.807) is 0 Å². The molecular weight excluding hydrogens is 544 g/mol. The molecule has 6 nitrogen and oxygen atoms in total. The van der Waals surface area contributed by atoms with Crippen molar-refractivity contribution in [3.8, 4) is 0 Å². The third kappa shape index (κ3) is 7.64. The van der Waals surface area contributed by atoms with E-state index in [0.717, 1.165) is 32.7 Å². The average Bonchev–Trinajstić information content (AvgIpc) is 3.54. The minimum atomic E-state index is -1.75. The molecule has 0 fully saturated rings. The number of nitrogens with zero attached hydrogens (tertiary/aromatic N) is 3. The van der Waals surface area contributed by atoms with Crippen LogP contribution in [0.2, 0.25) is 0 Å². The number of rotatable bonds is 0. The van der Waals surface area contributed by atoms with Crippen LogP contribution in [0.25, 0.3) is 32.7 Å². The van der Waals surface area contributed by atoms with Crippen LogP contribution >= 0.6 is 29.1 Å². The number of aromatic nitrogens is 6. The molecule has 0 atom stereocenters. The molecule has 3 aromatic carbocycles. The molecule has 0 radical (unpaired) electrons. The van der Waals surface area contributed by atoms with Crippen LogP contribution < -0.4 is 0 Å². The van der Waals surface area contributed by atoms with E-state index < -0.39 is 13.0 Å². The third-order valence-corrected chi connectivity index (χ3v) is 4.05. The van der Waals surface area contributed by atoms with Crippen molar-refractivity contribution in [1.29, 1.82) is 0 Å². The normalized spacial score (nSPS) is 10.4. The molecule has 161 valence electrons. The molecule has 0 bridgehead atoms. The Morgan fingerprint density at radius 3 is 1.00 bits per heavy atom. The van der Waals surface area contributed by atoms with Gasteiger partial charge in [0.2, 0.25) is 0 Å². The molecule has 10 heteroatoms. The number of benzene rings is 3. The standard InChI is InChI=1S/3C7H6N2.3ClH.Ru/c3*1-2-4-7-6(3-1)5-8-9-7;;;;/h3*1-5H,(H,8,9);3*1H;/q;;;;;;+3/p-3. The second-order valence-electron chi connectivity index (χ2n) is 6.02. The Labute approximate surface area is 195 Å². The van der Waals surface area contributed by atoms with Crippen LogP contribution in [-0.2, 0) is 13.0 Å². The quantitative estimate of drug-likeness (QED) is 0.179. The maximum Gasteiger partial charge on any atom is 0.0650 e. The Hall–Kier alpha value is -2.44. The fourth-order valence-corrected chi connectivity index (χ4v) is 2.65. The van der Waals surface area contributed by atoms with Gasteiger partial charge in [-0.2, -0.15) is 15.3 Å². The van der Waals surface area contributed by atoms with E-state index >= 15 is 0 Å². The van der Waals surface area contributed by atoms with Crippen molar-refractivity contribution < 1.29 is 13.0 Å². The Morgan fingerprint density at radius 1 is 0.484 bits per heavy atom. The number of nitrogens with one attached hydrogen (secondary N) is 3. The molecule has 6 rings (SSSR count). The number of hydrogen-bond acceptors (Lipinski definition) is 3. The minimum Gasteiger partial charge on any atom is -0.278 e. The van der Waals surface area contributed by atoms with Crippen LogP contribution in [0.1, 0.15) is 0 Å². The molecule has 0 saturated heterocycles. The van der Waals surface area contributed by atoms with E-state index in [4.69, 9.17) is 29.1 Å². The number of H-pyrrole nitrogens is 3. The number of fused-ring (bicyclic) bond motifs is 3. The van der Waals surface area contributed by atoms with Crippen LogP contribution in [0.3, 0.4) is 0 Å². The predicted molar refractivity (Wildman–Crippen MR) is 126 cm³/mol. The Morgan fingerprint density at radius 2 is 0.742 bits per heavy atom. The molecule has 3 aromatic heterocycles. The molecule has 0 aliphatic rings. The van der Waals surface area contributed by atoms with Gasteiger partial charge in [0.25, 0.3) is 0 Å². The first-order chi connectivity index (χ1) is 15.1. The van der Waals surface area contributed by atoms with Crippen molar-refractivity contribution in [3.05, 3.63) is 91.4 Å². The first-order valence-electron chi connectivity index (χ1n) is 8.94. The molecule has 0 aliphatic heterocycles. The molecule has 6 aromatic rings. The predicted octanol–water partition coefficient (Wildman–Crippen LogP) is 6.75. The van der Waals surface area contributed by atoms with Gasteiger partial charge in [0.15, 0.2) is 0 Å². The van der Waals surface area contributed by atoms with E-state index in [9.17, 15) is 0 Å². The van der Waals surface area contributed by atoms with Gasteiger partial charge in [-0.1, -0.05) is 54.6 Å². The van der Waals surface area contributed by atoms with Crippen molar-refractivity contribution in [2.45, 2.75) is 0 Å². The first kappa shape index (κ1) is 23.2. The van der Waals surface area contributed by atoms with E-state index in [1.807, 2.05) is 91.4 Å². The summed E-state index contributed by atoms with van der Waals surface area (Å²) in [6, 6.07) is 24.0. The molecule has 3 N–H and O–H groups in total. The van der Waals surface area contributed by atoms with Crippen LogP contribution in [0.4, 0.5) is 0 Å². The summed E-state index contributed by atoms with van der Waals surface area (Å²) >= 11 is -1.75. The maximum atomic E-state index is 4.95. The summed E-state index contributed by atoms with van der Waals surface area (Å²) in [4.78, 5) is 0. The molecule has 0 spiro atoms. The summed E-state index contributed by atoms with van der Waals surface area (Å²) in [7, 11) is 14.8. The first-order valence-corrected chi connectivity index (χ1v) is 15.7. The fourth-order valence-electron chi connectivity index (χ4n) is 2.65. The largest absolute Gasteiger partial charge is 0.278 e. The molecule has 3 heterocycles. The number of hydrogen-bond donors (Lipinski definition) is 3. The summed E-state index contributed by atoms with van der Waals surface area (Å²) in [6.45, 7) is 0. The zero-order valence-corrected chi connectivity index (χ0v) is 20.0. The average molecular weight is 562 g/mol. The second-order valence-corrected chi connectivity index (χ2v) is 13.9. The zero-order chi connectivity index (χ0) is 21.9. The summed E-state index contributed by atoms with van der Waals surface area (Å²) in [6.07, 6.45) is 5.44. The van der Waals surface area contributed by atoms with Crippen LogP contribution in [0.15, 0.2) is 91.4 Å². The van der Waals surface area contributed by atoms with Crippen LogP contribution in [0.5, 0.6) is 0 Å². The van der Waals surface area contributed by atoms with Gasteiger partial charge < -0.3 is 0 Å². The third-order valence-electron chi connectivity index (χ3n) is 4.05. The molecule has 0 aliphatic carbocycles. The van der Waals surface area contributed by atoms with Gasteiger partial charge in [-0.05, 0) is 18.2 Å². The molecule has 0 saturated carbocycles. The van der Waals surface area contributed by atoms with E-state index in [2.05, 4.69) is 30.6 Å². The Kier molecular flexibility index (Phi) is 9.31. The van der Waals surface area contributed by atoms with Gasteiger partial charge in [-0.3, -0.25) is 15.3 Å². The van der Waals surface area contributed by atoms with E-state index in [1.165, 1.54) is 0 Å². The summed E-state index contributed by atoms with van der Waals surface area (Å²) in [5.74, 6) is 0. The Balaban J connectivity index is 0.000000122. The van der Waals surface area contributed by atoms with E-state index in [0.29, 0.717) is 0 Å². The number of para-hydroxylation sites is 3. The van der Waals surface area contributed by atoms with Crippen molar-refractivity contribution in [2.75, 3.05) is 0 Å². The van der Waals surface area contributed by atoms with Gasteiger partial charge in [-0.15, -0.1) is 0 Å². The van der Waals surface area contributed by atoms with Gasteiger partial charge >= 0.3 is 42.1 Å². The van der Waals surface area contributed by atoms with Gasteiger partial charge in [0.1, 0.15) is 0 Å². The smallest absolute Gasteiger partial charge is 0.0650 e. The van der Waals surface area contributed by atoms with Crippen molar-refractivity contribution >= 4 is 61.8 Å². The summed E-state index contributed by atoms with van der Waals surface area (Å²) in [5.41, 5.74) is 3.28. The van der Waals surface area contributed by atoms with Crippen molar-refractivity contribution in [3.63, 3.8) is 0 Å². The van der Waals surface area contributed by atoms with Crippen molar-refractivity contribution in [2.24, 2.45) is 0 Å². The van der Waals surface area contributed by atoms with Gasteiger partial charge in [0.05, 0.1) is 35.1 Å². The monoisotopic (exact) mass is 561 g/mol. The molecular formula is C21H18Cl3N6Ru. The molecule has 0 unspecified atom stereocenters. The van der Waals surface area contributed by atoms with E-state index in [-0.39, 0.29) is 0 Å². The van der Waals surface area contributed by atoms with Gasteiger partial charge in [0, 0.05) is 16.2 Å². The minimum absolute atomic E-state index is 1.09. The maximum absolute atomic E-state index is 4.95. The Bertz CT molecular complexity index is 1060. The van der Waals surface area contributed by atoms with Crippen LogP contribution in [-0.4, -0.2) is 30.6 Å². The van der Waals surface area contributed by atoms with Crippen molar-refractivity contribution in [1.82, 2.24) is 30.6 Å².